The fourth-order valence-electron chi connectivity index (χ4n) is 2.21. The summed E-state index contributed by atoms with van der Waals surface area (Å²) in [5.74, 6) is 0.615. The first-order valence-electron chi connectivity index (χ1n) is 6.07. The minimum absolute atomic E-state index is 0.615. The molecule has 96 valence electrons. The van der Waals surface area contributed by atoms with Gasteiger partial charge in [-0.05, 0) is 25.5 Å². The van der Waals surface area contributed by atoms with Crippen LogP contribution in [-0.2, 0) is 0 Å². The molecule has 1 aromatic carbocycles. The number of fused-ring (bicyclic) bond motifs is 1. The van der Waals surface area contributed by atoms with Crippen molar-refractivity contribution in [3.8, 4) is 11.3 Å². The number of aryl methyl sites for hydroxylation is 2. The SMILES string of the molecule is Cc1ccc(-c2nc3c(C)cc(Cl)cn3c2N)cc1. The van der Waals surface area contributed by atoms with E-state index in [0.29, 0.717) is 10.8 Å². The molecule has 19 heavy (non-hydrogen) atoms. The Labute approximate surface area is 116 Å². The van der Waals surface area contributed by atoms with E-state index in [4.69, 9.17) is 17.3 Å². The number of aromatic nitrogens is 2. The van der Waals surface area contributed by atoms with E-state index in [0.717, 1.165) is 22.5 Å². The van der Waals surface area contributed by atoms with Crippen molar-refractivity contribution in [1.82, 2.24) is 9.38 Å². The fraction of sp³-hybridized carbons (Fsp3) is 0.133. The van der Waals surface area contributed by atoms with Crippen LogP contribution in [0.5, 0.6) is 0 Å². The van der Waals surface area contributed by atoms with E-state index in [1.807, 2.05) is 29.5 Å². The summed E-state index contributed by atoms with van der Waals surface area (Å²) in [5.41, 5.74) is 11.1. The second-order valence-corrected chi connectivity index (χ2v) is 5.18. The second-order valence-electron chi connectivity index (χ2n) is 4.75. The Morgan fingerprint density at radius 2 is 1.84 bits per heavy atom. The molecule has 0 aliphatic rings. The van der Waals surface area contributed by atoms with E-state index in [9.17, 15) is 0 Å². The van der Waals surface area contributed by atoms with Crippen LogP contribution in [0.25, 0.3) is 16.9 Å². The highest BCUT2D eigenvalue weighted by atomic mass is 35.5. The smallest absolute Gasteiger partial charge is 0.142 e. The number of rotatable bonds is 1. The molecule has 0 bridgehead atoms. The van der Waals surface area contributed by atoms with E-state index >= 15 is 0 Å². The summed E-state index contributed by atoms with van der Waals surface area (Å²) in [6.45, 7) is 4.04. The lowest BCUT2D eigenvalue weighted by Crippen LogP contribution is -1.95. The molecule has 0 radical (unpaired) electrons. The molecule has 3 aromatic rings. The first kappa shape index (κ1) is 12.1. The molecule has 3 rings (SSSR count). The Morgan fingerprint density at radius 1 is 1.16 bits per heavy atom. The number of anilines is 1. The Hall–Kier alpha value is -2.00. The minimum Gasteiger partial charge on any atom is -0.383 e. The van der Waals surface area contributed by atoms with Crippen molar-refractivity contribution >= 4 is 23.1 Å². The lowest BCUT2D eigenvalue weighted by Gasteiger charge is -2.01. The number of nitrogens with two attached hydrogens (primary N) is 1. The summed E-state index contributed by atoms with van der Waals surface area (Å²) >= 11 is 6.07. The van der Waals surface area contributed by atoms with E-state index in [2.05, 4.69) is 24.0 Å². The first-order chi connectivity index (χ1) is 9.06. The molecule has 0 unspecified atom stereocenters. The Morgan fingerprint density at radius 3 is 2.53 bits per heavy atom. The van der Waals surface area contributed by atoms with Crippen LogP contribution in [0.15, 0.2) is 36.5 Å². The maximum atomic E-state index is 6.19. The van der Waals surface area contributed by atoms with Crippen molar-refractivity contribution in [2.24, 2.45) is 0 Å². The van der Waals surface area contributed by atoms with E-state index in [-0.39, 0.29) is 0 Å². The Kier molecular flexibility index (Phi) is 2.72. The van der Waals surface area contributed by atoms with Crippen molar-refractivity contribution in [3.63, 3.8) is 0 Å². The molecule has 4 heteroatoms. The second kappa shape index (κ2) is 4.28. The monoisotopic (exact) mass is 271 g/mol. The lowest BCUT2D eigenvalue weighted by molar-refractivity contribution is 1.17. The quantitative estimate of drug-likeness (QED) is 0.730. The van der Waals surface area contributed by atoms with Gasteiger partial charge in [0.25, 0.3) is 0 Å². The van der Waals surface area contributed by atoms with Gasteiger partial charge in [0.15, 0.2) is 0 Å². The van der Waals surface area contributed by atoms with Crippen molar-refractivity contribution < 1.29 is 0 Å². The summed E-state index contributed by atoms with van der Waals surface area (Å²) in [4.78, 5) is 4.63. The van der Waals surface area contributed by atoms with Gasteiger partial charge in [0.2, 0.25) is 0 Å². The summed E-state index contributed by atoms with van der Waals surface area (Å²) < 4.78 is 1.84. The molecule has 2 N–H and O–H groups in total. The normalized spacial score (nSPS) is 11.1. The largest absolute Gasteiger partial charge is 0.383 e. The maximum absolute atomic E-state index is 6.19. The van der Waals surface area contributed by atoms with Gasteiger partial charge in [0.1, 0.15) is 17.2 Å². The van der Waals surface area contributed by atoms with Crippen LogP contribution in [0, 0.1) is 13.8 Å². The van der Waals surface area contributed by atoms with Gasteiger partial charge < -0.3 is 5.73 Å². The fourth-order valence-corrected chi connectivity index (χ4v) is 2.47. The number of pyridine rings is 1. The predicted octanol–water partition coefficient (Wildman–Crippen LogP) is 3.85. The van der Waals surface area contributed by atoms with Gasteiger partial charge in [0, 0.05) is 11.8 Å². The topological polar surface area (TPSA) is 43.3 Å². The summed E-state index contributed by atoms with van der Waals surface area (Å²) in [6.07, 6.45) is 1.80. The number of nitrogen functional groups attached to an aromatic ring is 1. The standard InChI is InChI=1S/C15H14ClN3/c1-9-3-5-11(6-4-9)13-14(17)19-8-12(16)7-10(2)15(19)18-13/h3-8H,17H2,1-2H3. The zero-order valence-corrected chi connectivity index (χ0v) is 11.6. The first-order valence-corrected chi connectivity index (χ1v) is 6.45. The number of hydrogen-bond donors (Lipinski definition) is 1. The number of hydrogen-bond acceptors (Lipinski definition) is 2. The maximum Gasteiger partial charge on any atom is 0.142 e. The Balaban J connectivity index is 2.28. The number of benzene rings is 1. The van der Waals surface area contributed by atoms with Crippen LogP contribution in [-0.4, -0.2) is 9.38 Å². The van der Waals surface area contributed by atoms with E-state index in [1.165, 1.54) is 5.56 Å². The van der Waals surface area contributed by atoms with Gasteiger partial charge in [-0.2, -0.15) is 0 Å². The van der Waals surface area contributed by atoms with Crippen LogP contribution in [0.3, 0.4) is 0 Å². The van der Waals surface area contributed by atoms with Gasteiger partial charge in [-0.1, -0.05) is 41.4 Å². The van der Waals surface area contributed by atoms with E-state index in [1.54, 1.807) is 6.20 Å². The van der Waals surface area contributed by atoms with Crippen molar-refractivity contribution in [2.45, 2.75) is 13.8 Å². The molecule has 0 fully saturated rings. The van der Waals surface area contributed by atoms with Gasteiger partial charge in [-0.25, -0.2) is 4.98 Å². The average molecular weight is 272 g/mol. The zero-order chi connectivity index (χ0) is 13.6. The lowest BCUT2D eigenvalue weighted by atomic mass is 10.1. The molecule has 0 saturated carbocycles. The van der Waals surface area contributed by atoms with Gasteiger partial charge >= 0.3 is 0 Å². The Bertz CT molecular complexity index is 757. The molecule has 0 spiro atoms. The third-order valence-electron chi connectivity index (χ3n) is 3.23. The van der Waals surface area contributed by atoms with Gasteiger partial charge in [0.05, 0.1) is 5.02 Å². The zero-order valence-electron chi connectivity index (χ0n) is 10.8. The highest BCUT2D eigenvalue weighted by Crippen LogP contribution is 2.29. The van der Waals surface area contributed by atoms with Crippen LogP contribution in [0.4, 0.5) is 5.82 Å². The highest BCUT2D eigenvalue weighted by molar-refractivity contribution is 6.30. The molecule has 2 heterocycles. The van der Waals surface area contributed by atoms with Gasteiger partial charge in [-0.3, -0.25) is 4.40 Å². The van der Waals surface area contributed by atoms with Crippen molar-refractivity contribution in [1.29, 1.82) is 0 Å². The van der Waals surface area contributed by atoms with E-state index < -0.39 is 0 Å². The minimum atomic E-state index is 0.615. The number of nitrogens with zero attached hydrogens (tertiary/aromatic N) is 2. The third-order valence-corrected chi connectivity index (χ3v) is 3.44. The summed E-state index contributed by atoms with van der Waals surface area (Å²) in [5, 5.41) is 0.657. The third kappa shape index (κ3) is 1.96. The molecule has 0 amide bonds. The van der Waals surface area contributed by atoms with Crippen LogP contribution in [0.2, 0.25) is 5.02 Å². The predicted molar refractivity (Wildman–Crippen MR) is 79.5 cm³/mol. The molecule has 0 atom stereocenters. The molecule has 3 nitrogen and oxygen atoms in total. The summed E-state index contributed by atoms with van der Waals surface area (Å²) in [6, 6.07) is 10.1. The number of halogens is 1. The van der Waals surface area contributed by atoms with Crippen LogP contribution < -0.4 is 5.73 Å². The van der Waals surface area contributed by atoms with Crippen LogP contribution >= 0.6 is 11.6 Å². The molecule has 2 aromatic heterocycles. The van der Waals surface area contributed by atoms with Crippen LogP contribution in [0.1, 0.15) is 11.1 Å². The van der Waals surface area contributed by atoms with Gasteiger partial charge in [-0.15, -0.1) is 0 Å². The molecular weight excluding hydrogens is 258 g/mol. The molecule has 0 aliphatic carbocycles. The average Bonchev–Trinajstić information content (AvgIpc) is 2.69. The molecule has 0 saturated heterocycles. The van der Waals surface area contributed by atoms with Crippen molar-refractivity contribution in [2.75, 3.05) is 5.73 Å². The molecule has 0 aliphatic heterocycles. The van der Waals surface area contributed by atoms with Crippen molar-refractivity contribution in [3.05, 3.63) is 52.7 Å². The number of imidazole rings is 1. The highest BCUT2D eigenvalue weighted by Gasteiger charge is 2.13. The summed E-state index contributed by atoms with van der Waals surface area (Å²) in [7, 11) is 0. The molecular formula is C15H14ClN3.